The van der Waals surface area contributed by atoms with E-state index in [9.17, 15) is 4.79 Å². The van der Waals surface area contributed by atoms with Crippen LogP contribution >= 0.6 is 0 Å². The molecule has 150 valence electrons. The molecule has 5 nitrogen and oxygen atoms in total. The molecule has 0 bridgehead atoms. The van der Waals surface area contributed by atoms with Gasteiger partial charge in [-0.25, -0.2) is 0 Å². The van der Waals surface area contributed by atoms with Gasteiger partial charge in [-0.15, -0.1) is 0 Å². The van der Waals surface area contributed by atoms with Gasteiger partial charge in [0.1, 0.15) is 0 Å². The molecule has 0 amide bonds. The molecule has 2 fully saturated rings. The van der Waals surface area contributed by atoms with Gasteiger partial charge in [-0.05, 0) is 17.0 Å². The van der Waals surface area contributed by atoms with E-state index >= 15 is 0 Å². The summed E-state index contributed by atoms with van der Waals surface area (Å²) >= 11 is 0. The lowest BCUT2D eigenvalue weighted by Crippen LogP contribution is -2.45. The van der Waals surface area contributed by atoms with Gasteiger partial charge in [0.05, 0.1) is 13.2 Å². The Morgan fingerprint density at radius 3 is 2.21 bits per heavy atom. The summed E-state index contributed by atoms with van der Waals surface area (Å²) in [6, 6.07) is 18.3. The Bertz CT molecular complexity index is 1070. The smallest absolute Gasteiger partial charge is 0.258 e. The minimum Gasteiger partial charge on any atom is -0.347 e. The zero-order valence-corrected chi connectivity index (χ0v) is 16.8. The molecule has 2 saturated heterocycles. The first kappa shape index (κ1) is 18.6. The fourth-order valence-corrected chi connectivity index (χ4v) is 4.68. The molecule has 5 heteroatoms. The van der Waals surface area contributed by atoms with Crippen molar-refractivity contribution in [2.75, 3.05) is 26.3 Å². The molecule has 0 radical (unpaired) electrons. The van der Waals surface area contributed by atoms with E-state index in [4.69, 9.17) is 9.47 Å². The van der Waals surface area contributed by atoms with E-state index in [1.165, 1.54) is 0 Å². The lowest BCUT2D eigenvalue weighted by Gasteiger charge is -2.38. The second kappa shape index (κ2) is 7.41. The quantitative estimate of drug-likeness (QED) is 0.686. The lowest BCUT2D eigenvalue weighted by molar-refractivity contribution is -0.185. The summed E-state index contributed by atoms with van der Waals surface area (Å²) in [6.07, 6.45) is 1.74. The van der Waals surface area contributed by atoms with Gasteiger partial charge in [0.15, 0.2) is 5.79 Å². The van der Waals surface area contributed by atoms with E-state index in [-0.39, 0.29) is 11.3 Å². The summed E-state index contributed by atoms with van der Waals surface area (Å²) in [4.78, 5) is 15.5. The van der Waals surface area contributed by atoms with Crippen LogP contribution in [0.2, 0.25) is 0 Å². The van der Waals surface area contributed by atoms with E-state index in [0.29, 0.717) is 13.2 Å². The molecule has 1 aromatic heterocycles. The number of hydrogen-bond acceptors (Lipinski definition) is 4. The summed E-state index contributed by atoms with van der Waals surface area (Å²) in [5, 5.41) is 1.79. The zero-order chi connectivity index (χ0) is 19.8. The molecule has 2 aliphatic rings. The van der Waals surface area contributed by atoms with E-state index in [0.717, 1.165) is 60.1 Å². The topological polar surface area (TPSA) is 43.7 Å². The molecular weight excluding hydrogens is 364 g/mol. The monoisotopic (exact) mass is 390 g/mol. The van der Waals surface area contributed by atoms with Crippen LogP contribution in [0.5, 0.6) is 0 Å². The van der Waals surface area contributed by atoms with Crippen molar-refractivity contribution in [1.82, 2.24) is 9.47 Å². The van der Waals surface area contributed by atoms with Crippen LogP contribution in [0.4, 0.5) is 0 Å². The molecular formula is C24H26N2O3. The van der Waals surface area contributed by atoms with Gasteiger partial charge in [-0.1, -0.05) is 48.5 Å². The van der Waals surface area contributed by atoms with Crippen LogP contribution in [0.25, 0.3) is 21.9 Å². The Morgan fingerprint density at radius 2 is 1.52 bits per heavy atom. The summed E-state index contributed by atoms with van der Waals surface area (Å²) in [5.41, 5.74) is 3.41. The maximum Gasteiger partial charge on any atom is 0.258 e. The molecule has 0 saturated carbocycles. The Balaban J connectivity index is 1.56. The van der Waals surface area contributed by atoms with Gasteiger partial charge < -0.3 is 14.0 Å². The molecule has 29 heavy (non-hydrogen) atoms. The Labute approximate surface area is 170 Å². The predicted octanol–water partition coefficient (Wildman–Crippen LogP) is 3.54. The molecule has 3 aromatic rings. The second-order valence-electron chi connectivity index (χ2n) is 7.98. The molecule has 2 aliphatic heterocycles. The third kappa shape index (κ3) is 3.29. The fraction of sp³-hybridized carbons (Fsp3) is 0.375. The van der Waals surface area contributed by atoms with Gasteiger partial charge in [0, 0.05) is 56.2 Å². The van der Waals surface area contributed by atoms with Gasteiger partial charge >= 0.3 is 0 Å². The van der Waals surface area contributed by atoms with Crippen molar-refractivity contribution in [3.63, 3.8) is 0 Å². The maximum atomic E-state index is 13.1. The standard InChI is InChI=1S/C24H26N2O3/c1-25-21(17-26-13-11-24(12-14-26)28-15-16-29-24)22(18-7-3-2-4-8-18)19-9-5-6-10-20(19)23(25)27/h2-10H,11-17H2,1H3. The van der Waals surface area contributed by atoms with Crippen molar-refractivity contribution in [1.29, 1.82) is 0 Å². The summed E-state index contributed by atoms with van der Waals surface area (Å²) in [5.74, 6) is -0.381. The Hall–Kier alpha value is -2.47. The van der Waals surface area contributed by atoms with Crippen molar-refractivity contribution < 1.29 is 9.47 Å². The number of pyridine rings is 1. The van der Waals surface area contributed by atoms with Crippen molar-refractivity contribution in [2.24, 2.45) is 7.05 Å². The van der Waals surface area contributed by atoms with E-state index in [2.05, 4.69) is 35.2 Å². The second-order valence-corrected chi connectivity index (χ2v) is 7.98. The zero-order valence-electron chi connectivity index (χ0n) is 16.8. The average Bonchev–Trinajstić information content (AvgIpc) is 3.22. The van der Waals surface area contributed by atoms with Crippen molar-refractivity contribution in [3.8, 4) is 11.1 Å². The van der Waals surface area contributed by atoms with Crippen LogP contribution in [-0.2, 0) is 23.1 Å². The average molecular weight is 390 g/mol. The van der Waals surface area contributed by atoms with Crippen molar-refractivity contribution >= 4 is 10.8 Å². The summed E-state index contributed by atoms with van der Waals surface area (Å²) in [6.45, 7) is 3.91. The summed E-state index contributed by atoms with van der Waals surface area (Å²) in [7, 11) is 1.89. The van der Waals surface area contributed by atoms with Crippen LogP contribution in [0.1, 0.15) is 18.5 Å². The number of nitrogens with zero attached hydrogens (tertiary/aromatic N) is 2. The largest absolute Gasteiger partial charge is 0.347 e. The van der Waals surface area contributed by atoms with Gasteiger partial charge in [0.2, 0.25) is 0 Å². The van der Waals surface area contributed by atoms with Crippen molar-refractivity contribution in [2.45, 2.75) is 25.2 Å². The van der Waals surface area contributed by atoms with Crippen LogP contribution in [-0.4, -0.2) is 41.6 Å². The number of rotatable bonds is 3. The third-order valence-electron chi connectivity index (χ3n) is 6.29. The SMILES string of the molecule is Cn1c(CN2CCC3(CC2)OCCO3)c(-c2ccccc2)c2ccccc2c1=O. The molecule has 0 atom stereocenters. The lowest BCUT2D eigenvalue weighted by atomic mass is 9.96. The first-order valence-electron chi connectivity index (χ1n) is 10.3. The van der Waals surface area contributed by atoms with E-state index < -0.39 is 0 Å². The highest BCUT2D eigenvalue weighted by atomic mass is 16.7. The number of piperidine rings is 1. The normalized spacial score (nSPS) is 19.2. The number of benzene rings is 2. The van der Waals surface area contributed by atoms with Gasteiger partial charge in [0.25, 0.3) is 5.56 Å². The first-order valence-corrected chi connectivity index (χ1v) is 10.3. The molecule has 0 N–H and O–H groups in total. The molecule has 0 aliphatic carbocycles. The maximum absolute atomic E-state index is 13.1. The predicted molar refractivity (Wildman–Crippen MR) is 114 cm³/mol. The van der Waals surface area contributed by atoms with Gasteiger partial charge in [-0.3, -0.25) is 9.69 Å². The third-order valence-corrected chi connectivity index (χ3v) is 6.29. The van der Waals surface area contributed by atoms with E-state index in [1.54, 1.807) is 0 Å². The fourth-order valence-electron chi connectivity index (χ4n) is 4.68. The van der Waals surface area contributed by atoms with E-state index in [1.807, 2.05) is 35.9 Å². The van der Waals surface area contributed by atoms with Crippen molar-refractivity contribution in [3.05, 3.63) is 70.6 Å². The Morgan fingerprint density at radius 1 is 0.897 bits per heavy atom. The highest BCUT2D eigenvalue weighted by Gasteiger charge is 2.39. The Kier molecular flexibility index (Phi) is 4.74. The number of fused-ring (bicyclic) bond motifs is 1. The van der Waals surface area contributed by atoms with Crippen LogP contribution in [0.15, 0.2) is 59.4 Å². The minimum atomic E-state index is -0.381. The van der Waals surface area contributed by atoms with Crippen LogP contribution in [0, 0.1) is 0 Å². The highest BCUT2D eigenvalue weighted by molar-refractivity contribution is 5.97. The van der Waals surface area contributed by atoms with Crippen LogP contribution in [0.3, 0.4) is 0 Å². The molecule has 1 spiro atoms. The molecule has 3 heterocycles. The summed E-state index contributed by atoms with van der Waals surface area (Å²) < 4.78 is 13.6. The number of ether oxygens (including phenoxy) is 2. The molecule has 2 aromatic carbocycles. The molecule has 5 rings (SSSR count). The van der Waals surface area contributed by atoms with Gasteiger partial charge in [-0.2, -0.15) is 0 Å². The minimum absolute atomic E-state index is 0.0613. The molecule has 0 unspecified atom stereocenters. The highest BCUT2D eigenvalue weighted by Crippen LogP contribution is 2.34. The number of aromatic nitrogens is 1. The number of likely N-dealkylation sites (tertiary alicyclic amines) is 1. The van der Waals surface area contributed by atoms with Crippen LogP contribution < -0.4 is 5.56 Å². The number of hydrogen-bond donors (Lipinski definition) is 0. The first-order chi connectivity index (χ1) is 14.2.